The van der Waals surface area contributed by atoms with Crippen LogP contribution in [0.1, 0.15) is 32.8 Å². The quantitative estimate of drug-likeness (QED) is 0.827. The summed E-state index contributed by atoms with van der Waals surface area (Å²) in [6.07, 6.45) is 0.564. The van der Waals surface area contributed by atoms with Crippen molar-refractivity contribution in [2.24, 2.45) is 5.41 Å². The van der Waals surface area contributed by atoms with Gasteiger partial charge in [-0.1, -0.05) is 26.8 Å². The third-order valence-corrected chi connectivity index (χ3v) is 3.81. The molecule has 0 aliphatic heterocycles. The van der Waals surface area contributed by atoms with Gasteiger partial charge in [0.15, 0.2) is 0 Å². The molecule has 0 saturated heterocycles. The molecule has 0 heterocycles. The molecule has 102 valence electrons. The molecule has 0 radical (unpaired) electrons. The second-order valence-corrected chi connectivity index (χ2v) is 7.59. The number of hydrogen-bond acceptors (Lipinski definition) is 3. The molecule has 0 unspecified atom stereocenters. The van der Waals surface area contributed by atoms with Crippen LogP contribution in [0.4, 0.5) is 5.69 Å². The SMILES string of the molecule is Cc1ccc(O)c(NS(=O)(=O)CCC(C)(C)C)c1. The molecular weight excluding hydrogens is 250 g/mol. The monoisotopic (exact) mass is 271 g/mol. The average Bonchev–Trinajstić information content (AvgIpc) is 2.20. The molecule has 2 N–H and O–H groups in total. The van der Waals surface area contributed by atoms with E-state index in [1.54, 1.807) is 12.1 Å². The molecule has 1 aromatic rings. The molecule has 0 saturated carbocycles. The number of aromatic hydroxyl groups is 1. The van der Waals surface area contributed by atoms with E-state index in [1.807, 2.05) is 27.7 Å². The van der Waals surface area contributed by atoms with Crippen LogP contribution in [0.25, 0.3) is 0 Å². The molecule has 0 amide bonds. The maximum atomic E-state index is 11.9. The second-order valence-electron chi connectivity index (χ2n) is 5.75. The molecule has 0 bridgehead atoms. The van der Waals surface area contributed by atoms with E-state index in [4.69, 9.17) is 0 Å². The Balaban J connectivity index is 2.80. The van der Waals surface area contributed by atoms with Crippen molar-refractivity contribution in [1.29, 1.82) is 0 Å². The highest BCUT2D eigenvalue weighted by molar-refractivity contribution is 7.92. The Hall–Kier alpha value is -1.23. The van der Waals surface area contributed by atoms with E-state index in [2.05, 4.69) is 4.72 Å². The lowest BCUT2D eigenvalue weighted by Crippen LogP contribution is -2.21. The predicted octanol–water partition coefficient (Wildman–Crippen LogP) is 2.88. The normalized spacial score (nSPS) is 12.4. The van der Waals surface area contributed by atoms with Crippen LogP contribution in [0, 0.1) is 12.3 Å². The number of phenolic OH excluding ortho intramolecular Hbond substituents is 1. The first-order valence-corrected chi connectivity index (χ1v) is 7.54. The highest BCUT2D eigenvalue weighted by Crippen LogP contribution is 2.26. The fourth-order valence-corrected chi connectivity index (χ4v) is 2.87. The van der Waals surface area contributed by atoms with Crippen LogP contribution in [0.2, 0.25) is 0 Å². The van der Waals surface area contributed by atoms with Crippen molar-refractivity contribution in [3.63, 3.8) is 0 Å². The summed E-state index contributed by atoms with van der Waals surface area (Å²) < 4.78 is 26.2. The number of hydrogen-bond donors (Lipinski definition) is 2. The third kappa shape index (κ3) is 4.96. The van der Waals surface area contributed by atoms with Gasteiger partial charge in [-0.25, -0.2) is 8.42 Å². The Labute approximate surface area is 109 Å². The lowest BCUT2D eigenvalue weighted by Gasteiger charge is -2.18. The second kappa shape index (κ2) is 5.18. The minimum absolute atomic E-state index is 0.0383. The predicted molar refractivity (Wildman–Crippen MR) is 74.3 cm³/mol. The van der Waals surface area contributed by atoms with E-state index in [1.165, 1.54) is 6.07 Å². The highest BCUT2D eigenvalue weighted by Gasteiger charge is 2.18. The fraction of sp³-hybridized carbons (Fsp3) is 0.538. The smallest absolute Gasteiger partial charge is 0.232 e. The van der Waals surface area contributed by atoms with Gasteiger partial charge in [0.25, 0.3) is 0 Å². The molecule has 0 atom stereocenters. The zero-order valence-electron chi connectivity index (χ0n) is 11.3. The topological polar surface area (TPSA) is 66.4 Å². The van der Waals surface area contributed by atoms with Gasteiger partial charge < -0.3 is 5.11 Å². The largest absolute Gasteiger partial charge is 0.506 e. The molecule has 0 aliphatic rings. The highest BCUT2D eigenvalue weighted by atomic mass is 32.2. The van der Waals surface area contributed by atoms with E-state index < -0.39 is 10.0 Å². The van der Waals surface area contributed by atoms with Gasteiger partial charge in [-0.2, -0.15) is 0 Å². The van der Waals surface area contributed by atoms with Crippen molar-refractivity contribution >= 4 is 15.7 Å². The van der Waals surface area contributed by atoms with Gasteiger partial charge in [0.1, 0.15) is 5.75 Å². The number of rotatable bonds is 4. The van der Waals surface area contributed by atoms with Gasteiger partial charge >= 0.3 is 0 Å². The number of anilines is 1. The summed E-state index contributed by atoms with van der Waals surface area (Å²) in [5.41, 5.74) is 1.09. The molecule has 4 nitrogen and oxygen atoms in total. The number of benzene rings is 1. The van der Waals surface area contributed by atoms with Gasteiger partial charge in [-0.15, -0.1) is 0 Å². The molecule has 0 fully saturated rings. The minimum Gasteiger partial charge on any atom is -0.506 e. The molecule has 5 heteroatoms. The standard InChI is InChI=1S/C13H21NO3S/c1-10-5-6-12(15)11(9-10)14-18(16,17)8-7-13(2,3)4/h5-6,9,14-15H,7-8H2,1-4H3. The van der Waals surface area contributed by atoms with Crippen LogP contribution >= 0.6 is 0 Å². The van der Waals surface area contributed by atoms with Gasteiger partial charge in [0, 0.05) is 0 Å². The third-order valence-electron chi connectivity index (χ3n) is 2.54. The van der Waals surface area contributed by atoms with Crippen molar-refractivity contribution < 1.29 is 13.5 Å². The van der Waals surface area contributed by atoms with Crippen molar-refractivity contribution in [2.45, 2.75) is 34.1 Å². The summed E-state index contributed by atoms with van der Waals surface area (Å²) in [5.74, 6) is -0.0101. The van der Waals surface area contributed by atoms with Crippen LogP contribution in [-0.2, 0) is 10.0 Å². The summed E-state index contributed by atoms with van der Waals surface area (Å²) in [6.45, 7) is 7.82. The van der Waals surface area contributed by atoms with Crippen molar-refractivity contribution in [1.82, 2.24) is 0 Å². The van der Waals surface area contributed by atoms with Gasteiger partial charge in [-0.05, 0) is 36.5 Å². The van der Waals surface area contributed by atoms with Crippen LogP contribution < -0.4 is 4.72 Å². The zero-order valence-corrected chi connectivity index (χ0v) is 12.1. The molecule has 1 rings (SSSR count). The lowest BCUT2D eigenvalue weighted by molar-refractivity contribution is 0.397. The summed E-state index contributed by atoms with van der Waals surface area (Å²) in [5, 5.41) is 9.60. The van der Waals surface area contributed by atoms with Crippen LogP contribution in [0.5, 0.6) is 5.75 Å². The van der Waals surface area contributed by atoms with E-state index in [-0.39, 0.29) is 22.6 Å². The minimum atomic E-state index is -3.42. The first-order valence-electron chi connectivity index (χ1n) is 5.89. The first kappa shape index (κ1) is 14.8. The molecular formula is C13H21NO3S. The summed E-state index contributed by atoms with van der Waals surface area (Å²) >= 11 is 0. The molecule has 0 aliphatic carbocycles. The maximum absolute atomic E-state index is 11.9. The van der Waals surface area contributed by atoms with Crippen LogP contribution in [0.3, 0.4) is 0 Å². The Morgan fingerprint density at radius 1 is 1.28 bits per heavy atom. The van der Waals surface area contributed by atoms with Crippen LogP contribution in [0.15, 0.2) is 18.2 Å². The van der Waals surface area contributed by atoms with Crippen molar-refractivity contribution in [2.75, 3.05) is 10.5 Å². The van der Waals surface area contributed by atoms with Gasteiger partial charge in [0.05, 0.1) is 11.4 Å². The van der Waals surface area contributed by atoms with Gasteiger partial charge in [0.2, 0.25) is 10.0 Å². The van der Waals surface area contributed by atoms with E-state index in [0.717, 1.165) is 5.56 Å². The Morgan fingerprint density at radius 2 is 1.89 bits per heavy atom. The fourth-order valence-electron chi connectivity index (χ4n) is 1.39. The van der Waals surface area contributed by atoms with E-state index in [0.29, 0.717) is 6.42 Å². The number of phenols is 1. The van der Waals surface area contributed by atoms with Crippen molar-refractivity contribution in [3.05, 3.63) is 23.8 Å². The van der Waals surface area contributed by atoms with E-state index in [9.17, 15) is 13.5 Å². The molecule has 18 heavy (non-hydrogen) atoms. The number of aryl methyl sites for hydroxylation is 1. The Kier molecular flexibility index (Phi) is 4.27. The summed E-state index contributed by atoms with van der Waals surface area (Å²) in [7, 11) is -3.42. The van der Waals surface area contributed by atoms with Crippen molar-refractivity contribution in [3.8, 4) is 5.75 Å². The zero-order chi connectivity index (χ0) is 14.0. The molecule has 0 aromatic heterocycles. The summed E-state index contributed by atoms with van der Waals surface area (Å²) in [4.78, 5) is 0. The maximum Gasteiger partial charge on any atom is 0.232 e. The van der Waals surface area contributed by atoms with E-state index >= 15 is 0 Å². The number of nitrogens with one attached hydrogen (secondary N) is 1. The average molecular weight is 271 g/mol. The lowest BCUT2D eigenvalue weighted by atomic mass is 9.94. The number of sulfonamides is 1. The van der Waals surface area contributed by atoms with Crippen LogP contribution in [-0.4, -0.2) is 19.3 Å². The Morgan fingerprint density at radius 3 is 2.44 bits per heavy atom. The summed E-state index contributed by atoms with van der Waals surface area (Å²) in [6, 6.07) is 4.82. The van der Waals surface area contributed by atoms with Gasteiger partial charge in [-0.3, -0.25) is 4.72 Å². The first-order chi connectivity index (χ1) is 8.09. The Bertz CT molecular complexity index is 516. The molecule has 1 aromatic carbocycles. The molecule has 0 spiro atoms.